The molecule has 0 aliphatic carbocycles. The maximum Gasteiger partial charge on any atom is 0.332 e. The second kappa shape index (κ2) is 37.6. The number of halogens is 12. The van der Waals surface area contributed by atoms with E-state index in [0.29, 0.717) is 97.9 Å². The van der Waals surface area contributed by atoms with Crippen molar-refractivity contribution in [2.75, 3.05) is 77.5 Å². The van der Waals surface area contributed by atoms with Crippen molar-refractivity contribution >= 4 is 158 Å². The standard InChI is InChI=1S/C27H30ClF2N5O3.C23H22ClF2N5O3.C11H8ClFN2.C5H3BrFN.I2/c1-26(2,3)38-25(36)17-37-18-27(30)10-12-34(13-11-27)23-15-31-16-24(33-23)35(21-7-4-19(28)5-8-21)22-9-6-20(29)14-32-22;24-16-1-4-18(5-2-16)31(19-6-3-17(25)11-28-19)21-13-27-12-20(29-21)30-9-7-23(26,8-10-30)15-34-14-22(32)33;12-8-1-4-10(5-2-8)15-11-6-3-9(13)7-14-11;6-5-2-1-4(7)3-8-5;1-2/h4-9,14-16H,10-13,17-18H2,1-3H3;1-6,11-13H,7-10,14-15H2,(H,32,33);1-7H,(H,14,15);1-3H;. The summed E-state index contributed by atoms with van der Waals surface area (Å²) in [6, 6.07) is 32.8. The Balaban J connectivity index is 0.000000203. The topological polar surface area (TPSA) is 210 Å². The van der Waals surface area contributed by atoms with E-state index in [1.165, 1.54) is 30.3 Å². The Hall–Kier alpha value is -7.33. The Morgan fingerprint density at radius 2 is 0.938 bits per heavy atom. The van der Waals surface area contributed by atoms with E-state index in [9.17, 15) is 31.5 Å². The highest BCUT2D eigenvalue weighted by Gasteiger charge is 2.37. The number of ether oxygens (including phenoxy) is 3. The van der Waals surface area contributed by atoms with Gasteiger partial charge >= 0.3 is 11.9 Å². The number of pyridine rings is 4. The summed E-state index contributed by atoms with van der Waals surface area (Å²) in [5.41, 5.74) is -1.50. The molecule has 0 saturated carbocycles. The van der Waals surface area contributed by atoms with Crippen LogP contribution in [0, 0.1) is 23.3 Å². The Bertz CT molecular complexity index is 3750. The molecule has 31 heteroatoms. The number of nitrogens with zero attached hydrogens (tertiary/aromatic N) is 12. The molecule has 0 unspecified atom stereocenters. The predicted molar refractivity (Wildman–Crippen MR) is 384 cm³/mol. The number of piperidine rings is 2. The molecular weight excluding hydrogens is 1620 g/mol. The van der Waals surface area contributed by atoms with Crippen LogP contribution in [0.2, 0.25) is 15.1 Å². The number of carboxylic acid groups (broad SMARTS) is 1. The fraction of sp³-hybridized carbons (Fsp3) is 0.273. The lowest BCUT2D eigenvalue weighted by Crippen LogP contribution is -2.45. The second-order valence-electron chi connectivity index (χ2n) is 22.3. The monoisotopic (exact) mass is 1690 g/mol. The quantitative estimate of drug-likeness (QED) is 0.0354. The van der Waals surface area contributed by atoms with Gasteiger partial charge < -0.3 is 34.4 Å². The number of esters is 1. The molecule has 6 aromatic heterocycles. The first kappa shape index (κ1) is 77.0. The molecule has 2 aliphatic heterocycles. The summed E-state index contributed by atoms with van der Waals surface area (Å²) in [6.07, 6.45) is 11.7. The fourth-order valence-electron chi connectivity index (χ4n) is 9.22. The third-order valence-corrected chi connectivity index (χ3v) is 15.0. The minimum atomic E-state index is -1.59. The van der Waals surface area contributed by atoms with E-state index in [1.807, 2.05) is 21.9 Å². The number of benzene rings is 3. The predicted octanol–water partition coefficient (Wildman–Crippen LogP) is 17.7. The summed E-state index contributed by atoms with van der Waals surface area (Å²) in [5.74, 6) is 0.271. The van der Waals surface area contributed by atoms with E-state index >= 15 is 4.39 Å². The van der Waals surface area contributed by atoms with Crippen molar-refractivity contribution in [3.63, 3.8) is 0 Å². The molecule has 0 bridgehead atoms. The lowest BCUT2D eigenvalue weighted by molar-refractivity contribution is -0.161. The minimum Gasteiger partial charge on any atom is -0.480 e. The lowest BCUT2D eigenvalue weighted by Gasteiger charge is -2.37. The van der Waals surface area contributed by atoms with Gasteiger partial charge in [0.15, 0.2) is 11.6 Å². The van der Waals surface area contributed by atoms with Crippen LogP contribution in [-0.2, 0) is 23.8 Å². The third-order valence-electron chi connectivity index (χ3n) is 13.8. The fourth-order valence-corrected chi connectivity index (χ4v) is 9.83. The Kier molecular flexibility index (Phi) is 29.8. The van der Waals surface area contributed by atoms with E-state index < -0.39 is 47.1 Å². The van der Waals surface area contributed by atoms with Crippen LogP contribution in [0.5, 0.6) is 0 Å². The van der Waals surface area contributed by atoms with Crippen LogP contribution in [0.1, 0.15) is 46.5 Å². The number of anilines is 10. The minimum absolute atomic E-state index is 0.166. The zero-order valence-corrected chi connectivity index (χ0v) is 60.2. The van der Waals surface area contributed by atoms with E-state index in [1.54, 1.807) is 134 Å². The van der Waals surface area contributed by atoms with E-state index in [2.05, 4.69) is 88.4 Å². The Morgan fingerprint density at radius 1 is 0.546 bits per heavy atom. The van der Waals surface area contributed by atoms with Crippen molar-refractivity contribution in [1.82, 2.24) is 39.9 Å². The molecular formula is C66H63BrCl3F6I2N13O6. The van der Waals surface area contributed by atoms with Gasteiger partial charge in [-0.25, -0.2) is 65.8 Å². The first-order valence-corrected chi connectivity index (χ1v) is 37.6. The van der Waals surface area contributed by atoms with Crippen LogP contribution in [0.15, 0.2) is 176 Å². The number of nitrogens with one attached hydrogen (secondary N) is 1. The van der Waals surface area contributed by atoms with Gasteiger partial charge in [0.1, 0.15) is 87.1 Å². The van der Waals surface area contributed by atoms with Gasteiger partial charge in [0.25, 0.3) is 0 Å². The zero-order chi connectivity index (χ0) is 70.1. The summed E-state index contributed by atoms with van der Waals surface area (Å²) >= 11 is 25.2. The third kappa shape index (κ3) is 25.5. The van der Waals surface area contributed by atoms with Crippen molar-refractivity contribution in [1.29, 1.82) is 0 Å². The summed E-state index contributed by atoms with van der Waals surface area (Å²) < 4.78 is 98.2. The van der Waals surface area contributed by atoms with Gasteiger partial charge in [-0.2, -0.15) is 0 Å². The molecule has 3 aromatic carbocycles. The first-order valence-electron chi connectivity index (χ1n) is 29.4. The van der Waals surface area contributed by atoms with Crippen molar-refractivity contribution in [3.8, 4) is 0 Å². The average molecular weight is 1690 g/mol. The van der Waals surface area contributed by atoms with Gasteiger partial charge in [-0.3, -0.25) is 19.8 Å². The molecule has 97 heavy (non-hydrogen) atoms. The number of rotatable bonds is 18. The number of hydrogen-bond donors (Lipinski definition) is 2. The molecule has 9 aromatic rings. The lowest BCUT2D eigenvalue weighted by atomic mass is 9.94. The van der Waals surface area contributed by atoms with Crippen LogP contribution in [0.3, 0.4) is 0 Å². The van der Waals surface area contributed by atoms with Crippen molar-refractivity contribution in [2.24, 2.45) is 0 Å². The normalized spacial score (nSPS) is 13.7. The van der Waals surface area contributed by atoms with Crippen LogP contribution >= 0.6 is 88.0 Å². The number of carbonyl (C=O) groups is 2. The van der Waals surface area contributed by atoms with Crippen molar-refractivity contribution in [2.45, 2.75) is 63.4 Å². The molecule has 2 N–H and O–H groups in total. The number of hydrogen-bond acceptors (Lipinski definition) is 18. The maximum absolute atomic E-state index is 15.4. The molecule has 0 atom stereocenters. The van der Waals surface area contributed by atoms with Crippen LogP contribution < -0.4 is 24.9 Å². The summed E-state index contributed by atoms with van der Waals surface area (Å²) in [6.45, 7) is 5.52. The van der Waals surface area contributed by atoms with Gasteiger partial charge in [0.05, 0.1) is 62.8 Å². The largest absolute Gasteiger partial charge is 0.480 e. The number of carbonyl (C=O) groups excluding carboxylic acids is 1. The zero-order valence-electron chi connectivity index (χ0n) is 52.0. The van der Waals surface area contributed by atoms with Crippen LogP contribution in [-0.4, -0.2) is 126 Å². The highest BCUT2D eigenvalue weighted by Crippen LogP contribution is 2.37. The van der Waals surface area contributed by atoms with Gasteiger partial charge in [-0.15, -0.1) is 0 Å². The smallest absolute Gasteiger partial charge is 0.332 e. The number of aliphatic carboxylic acids is 1. The van der Waals surface area contributed by atoms with E-state index in [0.717, 1.165) is 30.5 Å². The highest BCUT2D eigenvalue weighted by atomic mass is 128. The number of alkyl halides is 2. The first-order chi connectivity index (χ1) is 46.4. The average Bonchev–Trinajstić information content (AvgIpc) is 0.816. The van der Waals surface area contributed by atoms with Gasteiger partial charge in [-0.1, -0.05) is 34.8 Å². The van der Waals surface area contributed by atoms with Crippen molar-refractivity contribution in [3.05, 3.63) is 214 Å². The molecule has 2 aliphatic rings. The molecule has 0 radical (unpaired) electrons. The molecule has 0 amide bonds. The molecule has 0 spiro atoms. The van der Waals surface area contributed by atoms with E-state index in [4.69, 9.17) is 64.1 Å². The molecule has 512 valence electrons. The van der Waals surface area contributed by atoms with Crippen LogP contribution in [0.4, 0.5) is 84.1 Å². The molecule has 19 nitrogen and oxygen atoms in total. The van der Waals surface area contributed by atoms with Crippen LogP contribution in [0.25, 0.3) is 0 Å². The Labute approximate surface area is 602 Å². The van der Waals surface area contributed by atoms with E-state index in [-0.39, 0.29) is 57.1 Å². The summed E-state index contributed by atoms with van der Waals surface area (Å²) in [5, 5.41) is 13.5. The molecule has 8 heterocycles. The Morgan fingerprint density at radius 3 is 1.30 bits per heavy atom. The number of carboxylic acids is 1. The summed E-state index contributed by atoms with van der Waals surface area (Å²) in [4.78, 5) is 63.8. The highest BCUT2D eigenvalue weighted by molar-refractivity contribution is 15.0. The van der Waals surface area contributed by atoms with Crippen molar-refractivity contribution < 1.29 is 55.2 Å². The molecule has 2 fully saturated rings. The van der Waals surface area contributed by atoms with Gasteiger partial charge in [-0.05, 0) is 158 Å². The molecule has 11 rings (SSSR count). The second-order valence-corrected chi connectivity index (χ2v) is 24.4. The van der Waals surface area contributed by atoms with Gasteiger partial charge in [0, 0.05) is 121 Å². The molecule has 2 saturated heterocycles. The van der Waals surface area contributed by atoms with Gasteiger partial charge in [0.2, 0.25) is 0 Å². The number of aromatic nitrogens is 8. The summed E-state index contributed by atoms with van der Waals surface area (Å²) in [7, 11) is 0. The maximum atomic E-state index is 15.4. The SMILES string of the molecule is CC(C)(C)OC(=O)COCC1(F)CCN(c2cncc(N(c3ccc(Cl)cc3)c3ccc(F)cn3)n2)CC1.Fc1ccc(Br)nc1.Fc1ccc(Nc2ccc(Cl)cc2)nc1.II.O=C(O)COCC1(F)CCN(c2cncc(N(c3ccc(Cl)cc3)c3ccc(F)cn3)n2)CC1.